The lowest BCUT2D eigenvalue weighted by Gasteiger charge is -2.11. The van der Waals surface area contributed by atoms with Crippen LogP contribution in [0.2, 0.25) is 0 Å². The van der Waals surface area contributed by atoms with Crippen LogP contribution >= 0.6 is 0 Å². The van der Waals surface area contributed by atoms with Crippen LogP contribution in [0.25, 0.3) is 0 Å². The number of hydrogen-bond acceptors (Lipinski definition) is 5. The zero-order chi connectivity index (χ0) is 14.8. The molecule has 0 aliphatic rings. The van der Waals surface area contributed by atoms with Gasteiger partial charge in [-0.1, -0.05) is 18.2 Å². The molecule has 0 aliphatic heterocycles. The summed E-state index contributed by atoms with van der Waals surface area (Å²) in [6.45, 7) is 3.69. The molecule has 1 aromatic carbocycles. The molecule has 0 unspecified atom stereocenters. The lowest BCUT2D eigenvalue weighted by Crippen LogP contribution is -2.23. The van der Waals surface area contributed by atoms with Crippen LogP contribution in [0.3, 0.4) is 0 Å². The molecule has 20 heavy (non-hydrogen) atoms. The lowest BCUT2D eigenvalue weighted by molar-refractivity contribution is 0.0599. The summed E-state index contributed by atoms with van der Waals surface area (Å²) in [5.74, 6) is -0.301. The highest BCUT2D eigenvalue weighted by Gasteiger charge is 2.09. The Balaban J connectivity index is 2.27. The second-order valence-electron chi connectivity index (χ2n) is 4.74. The van der Waals surface area contributed by atoms with Crippen molar-refractivity contribution >= 4 is 5.97 Å². The summed E-state index contributed by atoms with van der Waals surface area (Å²) in [5.41, 5.74) is 1.55. The van der Waals surface area contributed by atoms with Gasteiger partial charge >= 0.3 is 5.97 Å². The fourth-order valence-corrected chi connectivity index (χ4v) is 1.70. The number of carbonyl (C=O) groups excluding carboxylic acids is 1. The van der Waals surface area contributed by atoms with E-state index in [1.165, 1.54) is 7.11 Å². The first-order chi connectivity index (χ1) is 9.65. The molecule has 0 fully saturated rings. The number of hydrogen-bond donors (Lipinski definition) is 1. The average Bonchev–Trinajstić information content (AvgIpc) is 2.45. The minimum atomic E-state index is -0.301. The molecular formula is C15H24N2O3. The normalized spacial score (nSPS) is 10.8. The van der Waals surface area contributed by atoms with E-state index in [2.05, 4.69) is 10.2 Å². The molecule has 0 aromatic heterocycles. The van der Waals surface area contributed by atoms with Gasteiger partial charge < -0.3 is 19.7 Å². The Kier molecular flexibility index (Phi) is 7.87. The van der Waals surface area contributed by atoms with Gasteiger partial charge in [0.05, 0.1) is 25.9 Å². The summed E-state index contributed by atoms with van der Waals surface area (Å²) in [6, 6.07) is 7.44. The van der Waals surface area contributed by atoms with Gasteiger partial charge in [0.15, 0.2) is 0 Å². The molecule has 5 heteroatoms. The summed E-state index contributed by atoms with van der Waals surface area (Å²) in [6.07, 6.45) is 0. The van der Waals surface area contributed by atoms with Crippen LogP contribution in [0, 0.1) is 0 Å². The Morgan fingerprint density at radius 3 is 2.70 bits per heavy atom. The molecule has 5 nitrogen and oxygen atoms in total. The summed E-state index contributed by atoms with van der Waals surface area (Å²) in [4.78, 5) is 13.7. The summed E-state index contributed by atoms with van der Waals surface area (Å²) >= 11 is 0. The highest BCUT2D eigenvalue weighted by atomic mass is 16.5. The van der Waals surface area contributed by atoms with Crippen molar-refractivity contribution in [3.05, 3.63) is 35.4 Å². The van der Waals surface area contributed by atoms with Crippen molar-refractivity contribution in [3.63, 3.8) is 0 Å². The number of benzene rings is 1. The first-order valence-corrected chi connectivity index (χ1v) is 6.74. The monoisotopic (exact) mass is 280 g/mol. The van der Waals surface area contributed by atoms with Gasteiger partial charge in [0.1, 0.15) is 0 Å². The van der Waals surface area contributed by atoms with Gasteiger partial charge in [0, 0.05) is 19.6 Å². The van der Waals surface area contributed by atoms with E-state index in [0.29, 0.717) is 18.7 Å². The van der Waals surface area contributed by atoms with Crippen LogP contribution in [-0.4, -0.2) is 58.4 Å². The molecule has 0 heterocycles. The Labute approximate surface area is 120 Å². The van der Waals surface area contributed by atoms with Gasteiger partial charge in [-0.05, 0) is 25.7 Å². The predicted molar refractivity (Wildman–Crippen MR) is 78.9 cm³/mol. The minimum absolute atomic E-state index is 0.301. The first-order valence-electron chi connectivity index (χ1n) is 6.74. The minimum Gasteiger partial charge on any atom is -0.465 e. The summed E-state index contributed by atoms with van der Waals surface area (Å²) in [7, 11) is 5.43. The van der Waals surface area contributed by atoms with Gasteiger partial charge in [-0.25, -0.2) is 4.79 Å². The van der Waals surface area contributed by atoms with Gasteiger partial charge in [-0.15, -0.1) is 0 Å². The smallest absolute Gasteiger partial charge is 0.338 e. The highest BCUT2D eigenvalue weighted by molar-refractivity contribution is 5.90. The Bertz CT molecular complexity index is 408. The predicted octanol–water partition coefficient (Wildman–Crippen LogP) is 1.14. The van der Waals surface area contributed by atoms with Crippen molar-refractivity contribution in [1.82, 2.24) is 10.2 Å². The molecule has 0 saturated heterocycles. The fraction of sp³-hybridized carbons (Fsp3) is 0.533. The number of ether oxygens (including phenoxy) is 2. The quantitative estimate of drug-likeness (QED) is 0.543. The van der Waals surface area contributed by atoms with E-state index in [0.717, 1.165) is 25.3 Å². The molecule has 1 N–H and O–H groups in total. The molecule has 0 aliphatic carbocycles. The van der Waals surface area contributed by atoms with E-state index in [4.69, 9.17) is 9.47 Å². The number of nitrogens with zero attached hydrogens (tertiary/aromatic N) is 1. The van der Waals surface area contributed by atoms with Gasteiger partial charge in [0.2, 0.25) is 0 Å². The SMILES string of the molecule is COC(=O)c1ccccc1CNCCOCCN(C)C. The topological polar surface area (TPSA) is 50.8 Å². The zero-order valence-electron chi connectivity index (χ0n) is 12.5. The van der Waals surface area contributed by atoms with Crippen LogP contribution in [-0.2, 0) is 16.0 Å². The third-order valence-corrected chi connectivity index (χ3v) is 2.84. The van der Waals surface area contributed by atoms with Crippen molar-refractivity contribution in [3.8, 4) is 0 Å². The number of rotatable bonds is 9. The van der Waals surface area contributed by atoms with E-state index >= 15 is 0 Å². The van der Waals surface area contributed by atoms with Crippen molar-refractivity contribution in [2.24, 2.45) is 0 Å². The van der Waals surface area contributed by atoms with Gasteiger partial charge in [-0.2, -0.15) is 0 Å². The third-order valence-electron chi connectivity index (χ3n) is 2.84. The molecule has 112 valence electrons. The standard InChI is InChI=1S/C15H24N2O3/c1-17(2)9-11-20-10-8-16-12-13-6-4-5-7-14(13)15(18)19-3/h4-7,16H,8-12H2,1-3H3. The van der Waals surface area contributed by atoms with Crippen LogP contribution in [0.15, 0.2) is 24.3 Å². The first kappa shape index (κ1) is 16.6. The molecule has 1 rings (SSSR count). The number of nitrogens with one attached hydrogen (secondary N) is 1. The molecule has 0 radical (unpaired) electrons. The summed E-state index contributed by atoms with van der Waals surface area (Å²) < 4.78 is 10.2. The molecule has 1 aromatic rings. The van der Waals surface area contributed by atoms with Crippen LogP contribution in [0.5, 0.6) is 0 Å². The molecular weight excluding hydrogens is 256 g/mol. The Morgan fingerprint density at radius 2 is 2.00 bits per heavy atom. The maximum atomic E-state index is 11.6. The van der Waals surface area contributed by atoms with Gasteiger partial charge in [-0.3, -0.25) is 0 Å². The average molecular weight is 280 g/mol. The number of esters is 1. The number of carbonyl (C=O) groups is 1. The molecule has 0 saturated carbocycles. The van der Waals surface area contributed by atoms with E-state index in [-0.39, 0.29) is 5.97 Å². The lowest BCUT2D eigenvalue weighted by atomic mass is 10.1. The van der Waals surface area contributed by atoms with Crippen molar-refractivity contribution < 1.29 is 14.3 Å². The zero-order valence-corrected chi connectivity index (χ0v) is 12.5. The molecule has 0 atom stereocenters. The van der Waals surface area contributed by atoms with Crippen molar-refractivity contribution in [1.29, 1.82) is 0 Å². The van der Waals surface area contributed by atoms with Crippen LogP contribution < -0.4 is 5.32 Å². The maximum absolute atomic E-state index is 11.6. The fourth-order valence-electron chi connectivity index (χ4n) is 1.70. The molecule has 0 amide bonds. The van der Waals surface area contributed by atoms with E-state index in [9.17, 15) is 4.79 Å². The van der Waals surface area contributed by atoms with E-state index in [1.807, 2.05) is 32.3 Å². The maximum Gasteiger partial charge on any atom is 0.338 e. The van der Waals surface area contributed by atoms with E-state index < -0.39 is 0 Å². The number of likely N-dealkylation sites (N-methyl/N-ethyl adjacent to an activating group) is 1. The van der Waals surface area contributed by atoms with E-state index in [1.54, 1.807) is 6.07 Å². The Hall–Kier alpha value is -1.43. The number of methoxy groups -OCH3 is 1. The van der Waals surface area contributed by atoms with Crippen LogP contribution in [0.1, 0.15) is 15.9 Å². The second-order valence-corrected chi connectivity index (χ2v) is 4.74. The third kappa shape index (κ3) is 6.14. The van der Waals surface area contributed by atoms with Crippen LogP contribution in [0.4, 0.5) is 0 Å². The largest absolute Gasteiger partial charge is 0.465 e. The Morgan fingerprint density at radius 1 is 1.25 bits per heavy atom. The molecule has 0 spiro atoms. The second kappa shape index (κ2) is 9.47. The highest BCUT2D eigenvalue weighted by Crippen LogP contribution is 2.09. The van der Waals surface area contributed by atoms with Crippen molar-refractivity contribution in [2.75, 3.05) is 47.5 Å². The van der Waals surface area contributed by atoms with Gasteiger partial charge in [0.25, 0.3) is 0 Å². The summed E-state index contributed by atoms with van der Waals surface area (Å²) in [5, 5.41) is 3.26. The molecule has 0 bridgehead atoms. The van der Waals surface area contributed by atoms with Crippen molar-refractivity contribution in [2.45, 2.75) is 6.54 Å².